The van der Waals surface area contributed by atoms with E-state index in [1.54, 1.807) is 6.07 Å². The Hall–Kier alpha value is -2.87. The molecule has 3 rings (SSSR count). The summed E-state index contributed by atoms with van der Waals surface area (Å²) >= 11 is 6.06. The lowest BCUT2D eigenvalue weighted by Crippen LogP contribution is -2.07. The van der Waals surface area contributed by atoms with Gasteiger partial charge < -0.3 is 10.6 Å². The van der Waals surface area contributed by atoms with Crippen molar-refractivity contribution in [3.05, 3.63) is 70.6 Å². The highest BCUT2D eigenvalue weighted by Crippen LogP contribution is 2.23. The van der Waals surface area contributed by atoms with Crippen LogP contribution in [-0.2, 0) is 6.54 Å². The summed E-state index contributed by atoms with van der Waals surface area (Å²) in [7, 11) is 0. The molecule has 0 spiro atoms. The molecule has 0 aliphatic heterocycles. The quantitative estimate of drug-likeness (QED) is 0.660. The smallest absolute Gasteiger partial charge is 0.244 e. The van der Waals surface area contributed by atoms with Crippen molar-refractivity contribution in [2.75, 3.05) is 10.6 Å². The number of nitrogens with zero attached hydrogens (tertiary/aromatic N) is 3. The third-order valence-electron chi connectivity index (χ3n) is 3.25. The van der Waals surface area contributed by atoms with Crippen molar-refractivity contribution < 1.29 is 13.2 Å². The van der Waals surface area contributed by atoms with Gasteiger partial charge >= 0.3 is 0 Å². The average Bonchev–Trinajstić information content (AvgIpc) is 2.62. The summed E-state index contributed by atoms with van der Waals surface area (Å²) in [5, 5.41) is 13.6. The van der Waals surface area contributed by atoms with E-state index >= 15 is 0 Å². The van der Waals surface area contributed by atoms with Gasteiger partial charge in [0.2, 0.25) is 5.95 Å². The first kappa shape index (κ1) is 17.0. The van der Waals surface area contributed by atoms with Crippen LogP contribution in [0.1, 0.15) is 5.56 Å². The predicted molar refractivity (Wildman–Crippen MR) is 88.2 cm³/mol. The molecule has 1 heterocycles. The molecule has 0 aliphatic carbocycles. The lowest BCUT2D eigenvalue weighted by Gasteiger charge is -2.09. The molecule has 9 heteroatoms. The van der Waals surface area contributed by atoms with Gasteiger partial charge in [0.25, 0.3) is 0 Å². The van der Waals surface area contributed by atoms with Crippen LogP contribution in [0.5, 0.6) is 0 Å². The van der Waals surface area contributed by atoms with E-state index in [9.17, 15) is 13.2 Å². The first-order valence-electron chi connectivity index (χ1n) is 7.12. The Kier molecular flexibility index (Phi) is 4.99. The molecule has 0 aliphatic rings. The minimum Gasteiger partial charge on any atom is -0.349 e. The Morgan fingerprint density at radius 2 is 1.80 bits per heavy atom. The van der Waals surface area contributed by atoms with Crippen LogP contribution < -0.4 is 10.6 Å². The Morgan fingerprint density at radius 3 is 2.60 bits per heavy atom. The maximum Gasteiger partial charge on any atom is 0.244 e. The number of halogens is 4. The third kappa shape index (κ3) is 3.97. The highest BCUT2D eigenvalue weighted by molar-refractivity contribution is 6.31. The Morgan fingerprint density at radius 1 is 1.00 bits per heavy atom. The van der Waals surface area contributed by atoms with Crippen LogP contribution in [0.4, 0.5) is 30.6 Å². The molecule has 5 nitrogen and oxygen atoms in total. The second-order valence-corrected chi connectivity index (χ2v) is 5.37. The summed E-state index contributed by atoms with van der Waals surface area (Å²) in [6, 6.07) is 9.11. The lowest BCUT2D eigenvalue weighted by atomic mass is 10.2. The molecular weight excluding hydrogens is 355 g/mol. The molecule has 1 aromatic heterocycles. The van der Waals surface area contributed by atoms with E-state index in [2.05, 4.69) is 25.8 Å². The summed E-state index contributed by atoms with van der Waals surface area (Å²) in [6.45, 7) is 0.352. The Balaban J connectivity index is 1.74. The zero-order valence-electron chi connectivity index (χ0n) is 12.6. The van der Waals surface area contributed by atoms with Gasteiger partial charge in [-0.3, -0.25) is 0 Å². The predicted octanol–water partition coefficient (Wildman–Crippen LogP) is 4.30. The maximum atomic E-state index is 13.7. The molecule has 0 radical (unpaired) electrons. The SMILES string of the molecule is Fc1ccc(Nc2cnnc(NCc3ccccc3Cl)n2)c(F)c1F. The second kappa shape index (κ2) is 7.35. The van der Waals surface area contributed by atoms with Gasteiger partial charge in [-0.15, -0.1) is 5.10 Å². The van der Waals surface area contributed by atoms with E-state index in [1.165, 1.54) is 6.20 Å². The van der Waals surface area contributed by atoms with Gasteiger partial charge in [0.05, 0.1) is 11.9 Å². The first-order chi connectivity index (χ1) is 12.0. The molecular formula is C16H11ClF3N5. The van der Waals surface area contributed by atoms with Gasteiger partial charge in [0.15, 0.2) is 23.3 Å². The molecule has 0 saturated carbocycles. The number of rotatable bonds is 5. The highest BCUT2D eigenvalue weighted by Gasteiger charge is 2.14. The van der Waals surface area contributed by atoms with Crippen LogP contribution in [0.25, 0.3) is 0 Å². The van der Waals surface area contributed by atoms with Crippen molar-refractivity contribution in [3.8, 4) is 0 Å². The second-order valence-electron chi connectivity index (χ2n) is 4.96. The highest BCUT2D eigenvalue weighted by atomic mass is 35.5. The normalized spacial score (nSPS) is 10.6. The monoisotopic (exact) mass is 365 g/mol. The Labute approximate surface area is 145 Å². The van der Waals surface area contributed by atoms with E-state index in [1.807, 2.05) is 18.2 Å². The maximum absolute atomic E-state index is 13.7. The summed E-state index contributed by atoms with van der Waals surface area (Å²) in [6.07, 6.45) is 1.22. The average molecular weight is 366 g/mol. The van der Waals surface area contributed by atoms with Gasteiger partial charge in [0, 0.05) is 11.6 Å². The van der Waals surface area contributed by atoms with E-state index in [-0.39, 0.29) is 17.5 Å². The van der Waals surface area contributed by atoms with Crippen molar-refractivity contribution in [1.29, 1.82) is 0 Å². The molecule has 0 saturated heterocycles. The summed E-state index contributed by atoms with van der Waals surface area (Å²) in [5.74, 6) is -3.91. The van der Waals surface area contributed by atoms with Gasteiger partial charge in [-0.25, -0.2) is 13.2 Å². The number of nitrogens with one attached hydrogen (secondary N) is 2. The van der Waals surface area contributed by atoms with Gasteiger partial charge in [-0.2, -0.15) is 10.1 Å². The van der Waals surface area contributed by atoms with E-state index in [0.717, 1.165) is 17.7 Å². The van der Waals surface area contributed by atoms with E-state index in [4.69, 9.17) is 11.6 Å². The van der Waals surface area contributed by atoms with Crippen LogP contribution >= 0.6 is 11.6 Å². The number of benzene rings is 2. The van der Waals surface area contributed by atoms with Crippen molar-refractivity contribution in [3.63, 3.8) is 0 Å². The molecule has 0 fully saturated rings. The summed E-state index contributed by atoms with van der Waals surface area (Å²) in [4.78, 5) is 4.08. The minimum absolute atomic E-state index is 0.113. The van der Waals surface area contributed by atoms with E-state index < -0.39 is 17.5 Å². The fourth-order valence-corrected chi connectivity index (χ4v) is 2.22. The topological polar surface area (TPSA) is 62.7 Å². The van der Waals surface area contributed by atoms with Crippen molar-refractivity contribution >= 4 is 29.1 Å². The van der Waals surface area contributed by atoms with Crippen LogP contribution in [0.2, 0.25) is 5.02 Å². The summed E-state index contributed by atoms with van der Waals surface area (Å²) < 4.78 is 39.9. The molecule has 128 valence electrons. The lowest BCUT2D eigenvalue weighted by molar-refractivity contribution is 0.449. The standard InChI is InChI=1S/C16H11ClF3N5/c17-10-4-2-1-3-9(10)7-21-16-24-13(8-22-25-16)23-12-6-5-11(18)14(19)15(12)20/h1-6,8H,7H2,(H2,21,23,24,25). The molecule has 2 aromatic carbocycles. The van der Waals surface area contributed by atoms with Gasteiger partial charge in [-0.05, 0) is 23.8 Å². The van der Waals surface area contributed by atoms with Gasteiger partial charge in [-0.1, -0.05) is 29.8 Å². The van der Waals surface area contributed by atoms with Gasteiger partial charge in [0.1, 0.15) is 0 Å². The number of hydrogen-bond donors (Lipinski definition) is 2. The zero-order valence-corrected chi connectivity index (χ0v) is 13.4. The largest absolute Gasteiger partial charge is 0.349 e. The third-order valence-corrected chi connectivity index (χ3v) is 3.62. The van der Waals surface area contributed by atoms with E-state index in [0.29, 0.717) is 11.6 Å². The number of hydrogen-bond acceptors (Lipinski definition) is 5. The fourth-order valence-electron chi connectivity index (χ4n) is 2.02. The zero-order chi connectivity index (χ0) is 17.8. The number of anilines is 3. The van der Waals surface area contributed by atoms with Crippen LogP contribution in [-0.4, -0.2) is 15.2 Å². The minimum atomic E-state index is -1.57. The van der Waals surface area contributed by atoms with Crippen molar-refractivity contribution in [1.82, 2.24) is 15.2 Å². The van der Waals surface area contributed by atoms with Crippen LogP contribution in [0.15, 0.2) is 42.6 Å². The number of aromatic nitrogens is 3. The van der Waals surface area contributed by atoms with Crippen molar-refractivity contribution in [2.24, 2.45) is 0 Å². The summed E-state index contributed by atoms with van der Waals surface area (Å²) in [5.41, 5.74) is 0.564. The molecule has 0 bridgehead atoms. The molecule has 0 amide bonds. The van der Waals surface area contributed by atoms with Crippen LogP contribution in [0.3, 0.4) is 0 Å². The molecule has 2 N–H and O–H groups in total. The first-order valence-corrected chi connectivity index (χ1v) is 7.50. The molecule has 25 heavy (non-hydrogen) atoms. The molecule has 3 aromatic rings. The fraction of sp³-hybridized carbons (Fsp3) is 0.0625. The molecule has 0 unspecified atom stereocenters. The molecule has 0 atom stereocenters. The Bertz CT molecular complexity index is 907. The van der Waals surface area contributed by atoms with Crippen LogP contribution in [0, 0.1) is 17.5 Å². The van der Waals surface area contributed by atoms with Crippen molar-refractivity contribution in [2.45, 2.75) is 6.54 Å².